The summed E-state index contributed by atoms with van der Waals surface area (Å²) in [5.74, 6) is 4.96. The Balaban J connectivity index is 1.63. The Morgan fingerprint density at radius 1 is 1.27 bits per heavy atom. The third kappa shape index (κ3) is 4.13. The van der Waals surface area contributed by atoms with Crippen LogP contribution in [-0.4, -0.2) is 54.4 Å². The lowest BCUT2D eigenvalue weighted by molar-refractivity contribution is 0.353. The molecule has 2 fully saturated rings. The quantitative estimate of drug-likeness (QED) is 0.784. The molecule has 0 aromatic carbocycles. The maximum absolute atomic E-state index is 12.9. The van der Waals surface area contributed by atoms with Crippen LogP contribution in [0.25, 0.3) is 0 Å². The van der Waals surface area contributed by atoms with Crippen molar-refractivity contribution < 1.29 is 4.39 Å². The van der Waals surface area contributed by atoms with E-state index in [1.165, 1.54) is 23.0 Å². The average molecular weight is 250 g/mol. The molecular weight excluding hydrogens is 231 g/mol. The third-order valence-corrected chi connectivity index (χ3v) is 5.35. The van der Waals surface area contributed by atoms with Gasteiger partial charge in [-0.15, -0.1) is 0 Å². The highest BCUT2D eigenvalue weighted by molar-refractivity contribution is 8.03. The van der Waals surface area contributed by atoms with Gasteiger partial charge in [0.2, 0.25) is 0 Å². The predicted octanol–water partition coefficient (Wildman–Crippen LogP) is 1.12. The number of hydrogen-bond donors (Lipinski definition) is 2. The molecule has 2 heterocycles. The van der Waals surface area contributed by atoms with Crippen molar-refractivity contribution in [1.82, 2.24) is 10.6 Å². The summed E-state index contributed by atoms with van der Waals surface area (Å²) < 4.78 is 12.9. The van der Waals surface area contributed by atoms with Crippen LogP contribution in [-0.2, 0) is 0 Å². The van der Waals surface area contributed by atoms with Gasteiger partial charge in [-0.2, -0.15) is 23.5 Å². The van der Waals surface area contributed by atoms with Gasteiger partial charge in [-0.05, 0) is 6.42 Å². The van der Waals surface area contributed by atoms with Crippen LogP contribution in [0.5, 0.6) is 0 Å². The van der Waals surface area contributed by atoms with E-state index in [1.54, 1.807) is 0 Å². The van der Waals surface area contributed by atoms with E-state index in [0.29, 0.717) is 25.0 Å². The van der Waals surface area contributed by atoms with E-state index in [2.05, 4.69) is 10.6 Å². The monoisotopic (exact) mass is 250 g/mol. The largest absolute Gasteiger partial charge is 0.311 e. The minimum atomic E-state index is -0.630. The van der Waals surface area contributed by atoms with Gasteiger partial charge in [0.15, 0.2) is 0 Å². The van der Waals surface area contributed by atoms with Gasteiger partial charge in [0, 0.05) is 48.2 Å². The molecular formula is C10H19FN2S2. The Morgan fingerprint density at radius 3 is 2.60 bits per heavy atom. The molecule has 2 aliphatic heterocycles. The first-order chi connectivity index (χ1) is 7.34. The van der Waals surface area contributed by atoms with Crippen molar-refractivity contribution in [3.05, 3.63) is 0 Å². The zero-order chi connectivity index (χ0) is 10.5. The number of halogens is 1. The smallest absolute Gasteiger partial charge is 0.114 e. The molecule has 0 bridgehead atoms. The maximum Gasteiger partial charge on any atom is 0.114 e. The van der Waals surface area contributed by atoms with Gasteiger partial charge in [0.25, 0.3) is 0 Å². The van der Waals surface area contributed by atoms with Crippen LogP contribution in [0, 0.1) is 0 Å². The molecule has 0 saturated carbocycles. The van der Waals surface area contributed by atoms with Crippen molar-refractivity contribution in [3.63, 3.8) is 0 Å². The lowest BCUT2D eigenvalue weighted by Gasteiger charge is -2.18. The molecule has 2 saturated heterocycles. The minimum absolute atomic E-state index is 0.346. The predicted molar refractivity (Wildman–Crippen MR) is 67.7 cm³/mol. The standard InChI is InChI=1S/C10H19FN2S2/c11-8-3-9(12-4-8)5-13-10-6-14-1-2-15-7-10/h8-10,12-13H,1-7H2. The summed E-state index contributed by atoms with van der Waals surface area (Å²) in [5.41, 5.74) is 0. The zero-order valence-electron chi connectivity index (χ0n) is 8.88. The molecule has 0 amide bonds. The Kier molecular flexibility index (Phi) is 5.07. The lowest BCUT2D eigenvalue weighted by Crippen LogP contribution is -2.41. The molecule has 0 aromatic heterocycles. The van der Waals surface area contributed by atoms with Crippen molar-refractivity contribution in [1.29, 1.82) is 0 Å². The van der Waals surface area contributed by atoms with Crippen LogP contribution in [0.2, 0.25) is 0 Å². The number of alkyl halides is 1. The molecule has 88 valence electrons. The van der Waals surface area contributed by atoms with Crippen LogP contribution in [0.15, 0.2) is 0 Å². The molecule has 2 N–H and O–H groups in total. The maximum atomic E-state index is 12.9. The fraction of sp³-hybridized carbons (Fsp3) is 1.00. The first-order valence-corrected chi connectivity index (χ1v) is 7.92. The molecule has 2 rings (SSSR count). The average Bonchev–Trinajstić information content (AvgIpc) is 2.52. The molecule has 0 radical (unpaired) electrons. The second-order valence-electron chi connectivity index (χ2n) is 4.19. The van der Waals surface area contributed by atoms with Gasteiger partial charge < -0.3 is 10.6 Å². The van der Waals surface area contributed by atoms with E-state index in [0.717, 1.165) is 6.54 Å². The molecule has 2 nitrogen and oxygen atoms in total. The van der Waals surface area contributed by atoms with E-state index in [-0.39, 0.29) is 0 Å². The summed E-state index contributed by atoms with van der Waals surface area (Å²) in [4.78, 5) is 0. The molecule has 2 atom stereocenters. The summed E-state index contributed by atoms with van der Waals surface area (Å²) >= 11 is 4.06. The summed E-state index contributed by atoms with van der Waals surface area (Å²) in [6.07, 6.45) is 0.0506. The van der Waals surface area contributed by atoms with Crippen molar-refractivity contribution in [2.75, 3.05) is 36.1 Å². The molecule has 0 aliphatic carbocycles. The van der Waals surface area contributed by atoms with Gasteiger partial charge >= 0.3 is 0 Å². The van der Waals surface area contributed by atoms with Crippen molar-refractivity contribution >= 4 is 23.5 Å². The van der Waals surface area contributed by atoms with Gasteiger partial charge in [-0.1, -0.05) is 0 Å². The van der Waals surface area contributed by atoms with Crippen LogP contribution >= 0.6 is 23.5 Å². The van der Waals surface area contributed by atoms with E-state index >= 15 is 0 Å². The Hall–Kier alpha value is 0.550. The highest BCUT2D eigenvalue weighted by atomic mass is 32.2. The highest BCUT2D eigenvalue weighted by Crippen LogP contribution is 2.17. The summed E-state index contributed by atoms with van der Waals surface area (Å²) in [5, 5.41) is 6.76. The van der Waals surface area contributed by atoms with Gasteiger partial charge in [-0.25, -0.2) is 4.39 Å². The van der Waals surface area contributed by atoms with Crippen molar-refractivity contribution in [2.24, 2.45) is 0 Å². The topological polar surface area (TPSA) is 24.1 Å². The normalized spacial score (nSPS) is 34.2. The number of rotatable bonds is 3. The number of thioether (sulfide) groups is 2. The van der Waals surface area contributed by atoms with Crippen molar-refractivity contribution in [3.8, 4) is 0 Å². The summed E-state index contributed by atoms with van der Waals surface area (Å²) in [7, 11) is 0. The van der Waals surface area contributed by atoms with Crippen molar-refractivity contribution in [2.45, 2.75) is 24.7 Å². The fourth-order valence-electron chi connectivity index (χ4n) is 1.97. The molecule has 5 heteroatoms. The number of nitrogens with one attached hydrogen (secondary N) is 2. The van der Waals surface area contributed by atoms with E-state index < -0.39 is 6.17 Å². The first-order valence-electron chi connectivity index (χ1n) is 5.61. The van der Waals surface area contributed by atoms with E-state index in [4.69, 9.17) is 0 Å². The molecule has 15 heavy (non-hydrogen) atoms. The zero-order valence-corrected chi connectivity index (χ0v) is 10.5. The van der Waals surface area contributed by atoms with Gasteiger partial charge in [0.05, 0.1) is 0 Å². The summed E-state index contributed by atoms with van der Waals surface area (Å²) in [6.45, 7) is 1.46. The van der Waals surface area contributed by atoms with Crippen LogP contribution in [0.3, 0.4) is 0 Å². The molecule has 0 aromatic rings. The second kappa shape index (κ2) is 6.33. The fourth-order valence-corrected chi connectivity index (χ4v) is 4.44. The molecule has 0 spiro atoms. The third-order valence-electron chi connectivity index (χ3n) is 2.83. The second-order valence-corrected chi connectivity index (χ2v) is 6.49. The SMILES string of the molecule is FC1CNC(CNC2CSCCSC2)C1. The molecule has 2 aliphatic rings. The van der Waals surface area contributed by atoms with Crippen LogP contribution < -0.4 is 10.6 Å². The Bertz CT molecular complexity index is 186. The Morgan fingerprint density at radius 2 is 2.00 bits per heavy atom. The van der Waals surface area contributed by atoms with E-state index in [9.17, 15) is 4.39 Å². The van der Waals surface area contributed by atoms with Crippen LogP contribution in [0.4, 0.5) is 4.39 Å². The summed E-state index contributed by atoms with van der Waals surface area (Å²) in [6, 6.07) is 0.959. The van der Waals surface area contributed by atoms with E-state index in [1.807, 2.05) is 23.5 Å². The van der Waals surface area contributed by atoms with Gasteiger partial charge in [-0.3, -0.25) is 0 Å². The first kappa shape index (κ1) is 12.0. The Labute approximate surface area is 99.5 Å². The van der Waals surface area contributed by atoms with Crippen LogP contribution in [0.1, 0.15) is 6.42 Å². The molecule has 2 unspecified atom stereocenters. The minimum Gasteiger partial charge on any atom is -0.311 e. The van der Waals surface area contributed by atoms with Gasteiger partial charge in [0.1, 0.15) is 6.17 Å². The lowest BCUT2D eigenvalue weighted by atomic mass is 10.2. The highest BCUT2D eigenvalue weighted by Gasteiger charge is 2.24. The number of hydrogen-bond acceptors (Lipinski definition) is 4.